The number of unbranched alkanes of at least 4 members (excludes halogenated alkanes) is 2. The van der Waals surface area contributed by atoms with Gasteiger partial charge in [-0.2, -0.15) is 0 Å². The van der Waals surface area contributed by atoms with Crippen LogP contribution < -0.4 is 11.1 Å². The lowest BCUT2D eigenvalue weighted by Gasteiger charge is -2.12. The van der Waals surface area contributed by atoms with E-state index in [9.17, 15) is 4.79 Å². The molecule has 0 aliphatic heterocycles. The summed E-state index contributed by atoms with van der Waals surface area (Å²) < 4.78 is 5.64. The number of ether oxygens (including phenoxy) is 1. The number of nitrogens with two attached hydrogens (primary N) is 1. The first-order chi connectivity index (χ1) is 12.7. The third-order valence-corrected chi connectivity index (χ3v) is 4.31. The number of hydrogen-bond donors (Lipinski definition) is 2. The van der Waals surface area contributed by atoms with Crippen LogP contribution in [0, 0.1) is 0 Å². The molecule has 6 nitrogen and oxygen atoms in total. The van der Waals surface area contributed by atoms with Crippen molar-refractivity contribution in [2.24, 2.45) is 5.73 Å². The Morgan fingerprint density at radius 2 is 2.04 bits per heavy atom. The molecule has 6 heteroatoms. The van der Waals surface area contributed by atoms with Crippen LogP contribution in [-0.4, -0.2) is 35.6 Å². The van der Waals surface area contributed by atoms with Gasteiger partial charge >= 0.3 is 0 Å². The van der Waals surface area contributed by atoms with E-state index in [1.165, 1.54) is 12.8 Å². The second-order valence-corrected chi connectivity index (χ2v) is 6.22. The number of nitrogens with one attached hydrogen (secondary N) is 1. The monoisotopic (exact) mass is 352 g/mol. The molecular formula is C20H24N4O2. The third kappa shape index (κ3) is 4.08. The predicted molar refractivity (Wildman–Crippen MR) is 104 cm³/mol. The van der Waals surface area contributed by atoms with E-state index in [2.05, 4.69) is 17.2 Å². The summed E-state index contributed by atoms with van der Waals surface area (Å²) in [5, 5.41) is 6.26. The van der Waals surface area contributed by atoms with Gasteiger partial charge < -0.3 is 15.8 Å². The van der Waals surface area contributed by atoms with Crippen LogP contribution in [0.4, 0.5) is 5.82 Å². The number of primary amides is 1. The molecule has 0 atom stereocenters. The lowest BCUT2D eigenvalue weighted by molar-refractivity contribution is 0.100. The van der Waals surface area contributed by atoms with Gasteiger partial charge in [0.25, 0.3) is 0 Å². The second-order valence-electron chi connectivity index (χ2n) is 6.22. The van der Waals surface area contributed by atoms with Crippen molar-refractivity contribution in [3.05, 3.63) is 42.2 Å². The van der Waals surface area contributed by atoms with Crippen LogP contribution in [0.1, 0.15) is 36.5 Å². The van der Waals surface area contributed by atoms with Crippen molar-refractivity contribution < 1.29 is 9.53 Å². The minimum atomic E-state index is -0.463. The maximum atomic E-state index is 11.5. The molecule has 0 spiro atoms. The number of aromatic nitrogens is 2. The van der Waals surface area contributed by atoms with Gasteiger partial charge in [-0.3, -0.25) is 9.78 Å². The van der Waals surface area contributed by atoms with Gasteiger partial charge in [-0.15, -0.1) is 0 Å². The van der Waals surface area contributed by atoms with E-state index in [0.29, 0.717) is 24.2 Å². The summed E-state index contributed by atoms with van der Waals surface area (Å²) in [4.78, 5) is 20.4. The average molecular weight is 352 g/mol. The van der Waals surface area contributed by atoms with Crippen LogP contribution in [0.2, 0.25) is 0 Å². The summed E-state index contributed by atoms with van der Waals surface area (Å²) in [6.45, 7) is 4.25. The number of fused-ring (bicyclic) bond motifs is 3. The number of pyridine rings is 2. The van der Waals surface area contributed by atoms with Gasteiger partial charge in [-0.25, -0.2) is 4.98 Å². The highest BCUT2D eigenvalue weighted by atomic mass is 16.5. The SMILES string of the molecule is CCCCCOCCNc1nc2cc(C(N)=O)ccc2c2cnccc12. The maximum absolute atomic E-state index is 11.5. The summed E-state index contributed by atoms with van der Waals surface area (Å²) in [7, 11) is 0. The van der Waals surface area contributed by atoms with Crippen molar-refractivity contribution in [3.63, 3.8) is 0 Å². The van der Waals surface area contributed by atoms with Crippen LogP contribution in [0.5, 0.6) is 0 Å². The van der Waals surface area contributed by atoms with Crippen LogP contribution in [0.3, 0.4) is 0 Å². The van der Waals surface area contributed by atoms with Crippen molar-refractivity contribution in [2.45, 2.75) is 26.2 Å². The largest absolute Gasteiger partial charge is 0.380 e. The number of rotatable bonds is 9. The van der Waals surface area contributed by atoms with E-state index in [1.54, 1.807) is 18.3 Å². The van der Waals surface area contributed by atoms with Gasteiger partial charge in [0, 0.05) is 47.3 Å². The Morgan fingerprint density at radius 3 is 2.85 bits per heavy atom. The molecule has 26 heavy (non-hydrogen) atoms. The van der Waals surface area contributed by atoms with E-state index < -0.39 is 5.91 Å². The lowest BCUT2D eigenvalue weighted by atomic mass is 10.1. The first-order valence-corrected chi connectivity index (χ1v) is 8.99. The number of benzene rings is 1. The number of amides is 1. The molecule has 3 rings (SSSR count). The summed E-state index contributed by atoms with van der Waals surface area (Å²) >= 11 is 0. The minimum Gasteiger partial charge on any atom is -0.380 e. The van der Waals surface area contributed by atoms with Gasteiger partial charge in [-0.1, -0.05) is 25.8 Å². The van der Waals surface area contributed by atoms with Crippen LogP contribution in [-0.2, 0) is 4.74 Å². The molecule has 1 amide bonds. The molecule has 0 aliphatic carbocycles. The minimum absolute atomic E-state index is 0.443. The Bertz CT molecular complexity index is 911. The highest BCUT2D eigenvalue weighted by Crippen LogP contribution is 2.29. The van der Waals surface area contributed by atoms with Crippen LogP contribution in [0.15, 0.2) is 36.7 Å². The van der Waals surface area contributed by atoms with E-state index in [1.807, 2.05) is 18.3 Å². The van der Waals surface area contributed by atoms with Gasteiger partial charge in [0.1, 0.15) is 5.82 Å². The van der Waals surface area contributed by atoms with Crippen molar-refractivity contribution in [1.82, 2.24) is 9.97 Å². The maximum Gasteiger partial charge on any atom is 0.248 e. The number of anilines is 1. The molecule has 0 aliphatic rings. The standard InChI is InChI=1S/C20H24N4O2/c1-2-3-4-10-26-11-9-23-20-16-7-8-22-13-17(16)15-6-5-14(19(21)25)12-18(15)24-20/h5-8,12-13H,2-4,9-11H2,1H3,(H2,21,25)(H,23,24). The number of carbonyl (C=O) groups excluding carboxylic acids is 1. The van der Waals surface area contributed by atoms with Crippen molar-refractivity contribution in [1.29, 1.82) is 0 Å². The molecule has 136 valence electrons. The summed E-state index contributed by atoms with van der Waals surface area (Å²) in [6, 6.07) is 7.24. The highest BCUT2D eigenvalue weighted by molar-refractivity contribution is 6.11. The number of carbonyl (C=O) groups is 1. The van der Waals surface area contributed by atoms with Crippen LogP contribution in [0.25, 0.3) is 21.7 Å². The van der Waals surface area contributed by atoms with Crippen molar-refractivity contribution in [2.75, 3.05) is 25.1 Å². The Kier molecular flexibility index (Phi) is 5.96. The van der Waals surface area contributed by atoms with Crippen molar-refractivity contribution in [3.8, 4) is 0 Å². The molecule has 2 heterocycles. The van der Waals surface area contributed by atoms with Crippen molar-refractivity contribution >= 4 is 33.4 Å². The summed E-state index contributed by atoms with van der Waals surface area (Å²) in [5.74, 6) is 0.295. The molecule has 1 aromatic carbocycles. The Balaban J connectivity index is 1.82. The molecule has 0 saturated heterocycles. The normalized spacial score (nSPS) is 11.1. The topological polar surface area (TPSA) is 90.1 Å². The van der Waals surface area contributed by atoms with E-state index in [0.717, 1.165) is 35.0 Å². The smallest absolute Gasteiger partial charge is 0.248 e. The molecule has 0 radical (unpaired) electrons. The number of hydrogen-bond acceptors (Lipinski definition) is 5. The molecular weight excluding hydrogens is 328 g/mol. The fourth-order valence-electron chi connectivity index (χ4n) is 2.93. The zero-order valence-corrected chi connectivity index (χ0v) is 15.0. The molecule has 2 aromatic heterocycles. The molecule has 3 N–H and O–H groups in total. The Hall–Kier alpha value is -2.73. The zero-order valence-electron chi connectivity index (χ0n) is 15.0. The summed E-state index contributed by atoms with van der Waals surface area (Å²) in [5.41, 5.74) is 6.55. The zero-order chi connectivity index (χ0) is 18.4. The fourth-order valence-corrected chi connectivity index (χ4v) is 2.93. The van der Waals surface area contributed by atoms with E-state index in [4.69, 9.17) is 15.5 Å². The lowest BCUT2D eigenvalue weighted by Crippen LogP contribution is -2.12. The van der Waals surface area contributed by atoms with Gasteiger partial charge in [-0.05, 0) is 24.6 Å². The van der Waals surface area contributed by atoms with Gasteiger partial charge in [0.2, 0.25) is 5.91 Å². The second kappa shape index (κ2) is 8.58. The first kappa shape index (κ1) is 18.1. The molecule has 0 unspecified atom stereocenters. The molecule has 0 saturated carbocycles. The van der Waals surface area contributed by atoms with E-state index in [-0.39, 0.29) is 0 Å². The van der Waals surface area contributed by atoms with E-state index >= 15 is 0 Å². The van der Waals surface area contributed by atoms with Gasteiger partial charge in [0.05, 0.1) is 12.1 Å². The fraction of sp³-hybridized carbons (Fsp3) is 0.350. The first-order valence-electron chi connectivity index (χ1n) is 8.99. The average Bonchev–Trinajstić information content (AvgIpc) is 2.66. The quantitative estimate of drug-likeness (QED) is 0.454. The van der Waals surface area contributed by atoms with Gasteiger partial charge in [0.15, 0.2) is 0 Å². The molecule has 0 bridgehead atoms. The van der Waals surface area contributed by atoms with Crippen LogP contribution >= 0.6 is 0 Å². The third-order valence-electron chi connectivity index (χ3n) is 4.31. The molecule has 3 aromatic rings. The Labute approximate surface area is 152 Å². The highest BCUT2D eigenvalue weighted by Gasteiger charge is 2.10. The Morgan fingerprint density at radius 1 is 1.15 bits per heavy atom. The molecule has 0 fully saturated rings. The predicted octanol–water partition coefficient (Wildman–Crippen LogP) is 3.50. The summed E-state index contributed by atoms with van der Waals surface area (Å²) in [6.07, 6.45) is 7.04. The number of nitrogens with zero attached hydrogens (tertiary/aromatic N) is 2.